The van der Waals surface area contributed by atoms with Gasteiger partial charge in [-0.25, -0.2) is 0 Å². The van der Waals surface area contributed by atoms with Gasteiger partial charge in [0.1, 0.15) is 0 Å². The zero-order valence-corrected chi connectivity index (χ0v) is 10.6. The van der Waals surface area contributed by atoms with Crippen LogP contribution in [0, 0.1) is 5.41 Å². The van der Waals surface area contributed by atoms with Crippen LogP contribution in [0.25, 0.3) is 0 Å². The molecule has 0 bridgehead atoms. The molecule has 0 aliphatic heterocycles. The Hall–Kier alpha value is -0.600. The molecule has 1 aromatic heterocycles. The van der Waals surface area contributed by atoms with E-state index in [1.54, 1.807) is 11.3 Å². The lowest BCUT2D eigenvalue weighted by atomic mass is 9.84. The summed E-state index contributed by atoms with van der Waals surface area (Å²) in [6.07, 6.45) is 4.40. The fraction of sp³-hybridized carbons (Fsp3) is 0.538. The molecule has 0 spiro atoms. The van der Waals surface area contributed by atoms with Crippen LogP contribution in [0.5, 0.6) is 0 Å². The molecule has 0 aromatic carbocycles. The summed E-state index contributed by atoms with van der Waals surface area (Å²) in [6, 6.07) is 2.21. The van der Waals surface area contributed by atoms with Gasteiger partial charge in [0.2, 0.25) is 0 Å². The van der Waals surface area contributed by atoms with Crippen LogP contribution < -0.4 is 5.32 Å². The van der Waals surface area contributed by atoms with E-state index in [2.05, 4.69) is 48.6 Å². The second kappa shape index (κ2) is 6.09. The van der Waals surface area contributed by atoms with Gasteiger partial charge in [-0.05, 0) is 47.2 Å². The van der Waals surface area contributed by atoms with Crippen molar-refractivity contribution >= 4 is 11.3 Å². The van der Waals surface area contributed by atoms with Gasteiger partial charge in [-0.1, -0.05) is 19.9 Å². The first-order valence-corrected chi connectivity index (χ1v) is 6.50. The Balaban J connectivity index is 2.42. The van der Waals surface area contributed by atoms with Crippen LogP contribution in [0.3, 0.4) is 0 Å². The van der Waals surface area contributed by atoms with Crippen molar-refractivity contribution in [3.8, 4) is 0 Å². The second-order valence-electron chi connectivity index (χ2n) is 4.27. The first kappa shape index (κ1) is 12.5. The maximum absolute atomic E-state index is 3.95. The van der Waals surface area contributed by atoms with Crippen molar-refractivity contribution in [3.63, 3.8) is 0 Å². The monoisotopic (exact) mass is 223 g/mol. The van der Waals surface area contributed by atoms with Crippen molar-refractivity contribution < 1.29 is 0 Å². The fourth-order valence-electron chi connectivity index (χ4n) is 1.54. The van der Waals surface area contributed by atoms with Crippen LogP contribution in [0.2, 0.25) is 0 Å². The molecule has 1 heterocycles. The van der Waals surface area contributed by atoms with Gasteiger partial charge >= 0.3 is 0 Å². The minimum absolute atomic E-state index is 0.220. The molecule has 0 saturated heterocycles. The maximum atomic E-state index is 3.95. The third-order valence-corrected chi connectivity index (χ3v) is 3.57. The molecule has 1 N–H and O–H groups in total. The topological polar surface area (TPSA) is 12.0 Å². The average Bonchev–Trinajstić information content (AvgIpc) is 2.76. The van der Waals surface area contributed by atoms with Gasteiger partial charge in [0.25, 0.3) is 0 Å². The predicted molar refractivity (Wildman–Crippen MR) is 69.5 cm³/mol. The number of nitrogens with one attached hydrogen (secondary N) is 1. The van der Waals surface area contributed by atoms with Crippen molar-refractivity contribution in [2.24, 2.45) is 5.41 Å². The fourth-order valence-corrected chi connectivity index (χ4v) is 2.24. The molecule has 0 amide bonds. The number of hydrogen-bond donors (Lipinski definition) is 1. The quantitative estimate of drug-likeness (QED) is 0.698. The minimum atomic E-state index is 0.220. The zero-order valence-electron chi connectivity index (χ0n) is 9.75. The van der Waals surface area contributed by atoms with Crippen molar-refractivity contribution in [1.82, 2.24) is 5.32 Å². The third kappa shape index (κ3) is 4.18. The maximum Gasteiger partial charge on any atom is 0.00397 e. The molecule has 2 heteroatoms. The third-order valence-electron chi connectivity index (χ3n) is 2.84. The van der Waals surface area contributed by atoms with Gasteiger partial charge in [0.05, 0.1) is 0 Å². The zero-order chi connectivity index (χ0) is 11.1. The Labute approximate surface area is 97.2 Å². The summed E-state index contributed by atoms with van der Waals surface area (Å²) in [6.45, 7) is 10.4. The summed E-state index contributed by atoms with van der Waals surface area (Å²) in [4.78, 5) is 0. The largest absolute Gasteiger partial charge is 0.316 e. The highest BCUT2D eigenvalue weighted by molar-refractivity contribution is 7.07. The lowest BCUT2D eigenvalue weighted by Crippen LogP contribution is -2.30. The van der Waals surface area contributed by atoms with Crippen LogP contribution in [-0.4, -0.2) is 13.1 Å². The second-order valence-corrected chi connectivity index (χ2v) is 5.05. The molecule has 1 aromatic rings. The lowest BCUT2D eigenvalue weighted by molar-refractivity contribution is 0.369. The summed E-state index contributed by atoms with van der Waals surface area (Å²) in [7, 11) is 0. The molecule has 0 fully saturated rings. The van der Waals surface area contributed by atoms with Crippen molar-refractivity contribution in [3.05, 3.63) is 35.0 Å². The first-order valence-electron chi connectivity index (χ1n) is 5.55. The Morgan fingerprint density at radius 1 is 1.60 bits per heavy atom. The summed E-state index contributed by atoms with van der Waals surface area (Å²) >= 11 is 1.77. The molecular weight excluding hydrogens is 202 g/mol. The SMILES string of the molecule is C=CC(C)(CCc1ccsc1)CNCC. The van der Waals surface area contributed by atoms with E-state index in [0.717, 1.165) is 19.5 Å². The Morgan fingerprint density at radius 2 is 2.40 bits per heavy atom. The van der Waals surface area contributed by atoms with E-state index < -0.39 is 0 Å². The van der Waals surface area contributed by atoms with E-state index in [1.165, 1.54) is 12.0 Å². The van der Waals surface area contributed by atoms with E-state index in [1.807, 2.05) is 0 Å². The smallest absolute Gasteiger partial charge is 0.00397 e. The molecule has 1 unspecified atom stereocenters. The summed E-state index contributed by atoms with van der Waals surface area (Å²) in [5.74, 6) is 0. The number of rotatable bonds is 7. The predicted octanol–water partition coefficient (Wildman–Crippen LogP) is 3.48. The Kier molecular flexibility index (Phi) is 5.06. The van der Waals surface area contributed by atoms with Gasteiger partial charge in [0, 0.05) is 6.54 Å². The van der Waals surface area contributed by atoms with Crippen molar-refractivity contribution in [2.45, 2.75) is 26.7 Å². The summed E-state index contributed by atoms with van der Waals surface area (Å²) in [5, 5.41) is 7.78. The van der Waals surface area contributed by atoms with Crippen LogP contribution in [0.15, 0.2) is 29.5 Å². The molecule has 1 nitrogen and oxygen atoms in total. The molecule has 1 atom stereocenters. The molecule has 0 aliphatic carbocycles. The van der Waals surface area contributed by atoms with Gasteiger partial charge in [0.15, 0.2) is 0 Å². The van der Waals surface area contributed by atoms with Gasteiger partial charge < -0.3 is 5.32 Å². The molecule has 1 rings (SSSR count). The van der Waals surface area contributed by atoms with Gasteiger partial charge in [-0.3, -0.25) is 0 Å². The Morgan fingerprint density at radius 3 is 2.93 bits per heavy atom. The van der Waals surface area contributed by atoms with Gasteiger partial charge in [-0.15, -0.1) is 6.58 Å². The van der Waals surface area contributed by atoms with E-state index in [4.69, 9.17) is 0 Å². The highest BCUT2D eigenvalue weighted by Crippen LogP contribution is 2.24. The van der Waals surface area contributed by atoms with E-state index in [0.29, 0.717) is 0 Å². The van der Waals surface area contributed by atoms with Crippen molar-refractivity contribution in [2.75, 3.05) is 13.1 Å². The molecule has 15 heavy (non-hydrogen) atoms. The van der Waals surface area contributed by atoms with E-state index in [9.17, 15) is 0 Å². The van der Waals surface area contributed by atoms with E-state index >= 15 is 0 Å². The van der Waals surface area contributed by atoms with E-state index in [-0.39, 0.29) is 5.41 Å². The molecule has 0 aliphatic rings. The summed E-state index contributed by atoms with van der Waals surface area (Å²) < 4.78 is 0. The number of thiophene rings is 1. The average molecular weight is 223 g/mol. The molecular formula is C13H21NS. The Bertz CT molecular complexity index is 279. The number of hydrogen-bond acceptors (Lipinski definition) is 2. The molecule has 0 saturated carbocycles. The van der Waals surface area contributed by atoms with Crippen LogP contribution in [0.4, 0.5) is 0 Å². The molecule has 84 valence electrons. The first-order chi connectivity index (χ1) is 7.20. The minimum Gasteiger partial charge on any atom is -0.316 e. The number of aryl methyl sites for hydroxylation is 1. The molecule has 0 radical (unpaired) electrons. The standard InChI is InChI=1S/C13H21NS/c1-4-13(3,11-14-5-2)8-6-12-7-9-15-10-12/h4,7,9-10,14H,1,5-6,8,11H2,2-3H3. The highest BCUT2D eigenvalue weighted by Gasteiger charge is 2.19. The van der Waals surface area contributed by atoms with Crippen LogP contribution in [0.1, 0.15) is 25.8 Å². The lowest BCUT2D eigenvalue weighted by Gasteiger charge is -2.25. The van der Waals surface area contributed by atoms with Crippen LogP contribution >= 0.6 is 11.3 Å². The normalized spacial score (nSPS) is 14.8. The van der Waals surface area contributed by atoms with Gasteiger partial charge in [-0.2, -0.15) is 11.3 Å². The van der Waals surface area contributed by atoms with Crippen LogP contribution in [-0.2, 0) is 6.42 Å². The summed E-state index contributed by atoms with van der Waals surface area (Å²) in [5.41, 5.74) is 1.67. The highest BCUT2D eigenvalue weighted by atomic mass is 32.1. The van der Waals surface area contributed by atoms with Crippen molar-refractivity contribution in [1.29, 1.82) is 0 Å².